The van der Waals surface area contributed by atoms with Gasteiger partial charge in [-0.1, -0.05) is 38.1 Å². The number of nitrogens with zero attached hydrogens (tertiary/aromatic N) is 4. The minimum absolute atomic E-state index is 0.200. The van der Waals surface area contributed by atoms with Gasteiger partial charge in [0.2, 0.25) is 5.82 Å². The molecule has 2 saturated heterocycles. The molecule has 1 aromatic heterocycles. The highest BCUT2D eigenvalue weighted by Gasteiger charge is 2.51. The van der Waals surface area contributed by atoms with Gasteiger partial charge < -0.3 is 14.6 Å². The molecule has 0 atom stereocenters. The molecular weight excluding hydrogens is 413 g/mol. The number of likely N-dealkylation sites (tertiary alicyclic amines) is 1. The first-order valence-electron chi connectivity index (χ1n) is 11.9. The maximum atomic E-state index is 8.94. The average Bonchev–Trinajstić information content (AvgIpc) is 3.04. The van der Waals surface area contributed by atoms with Gasteiger partial charge in [0.1, 0.15) is 11.9 Å². The number of benzene rings is 1. The van der Waals surface area contributed by atoms with Crippen LogP contribution in [0.15, 0.2) is 36.5 Å². The van der Waals surface area contributed by atoms with E-state index in [0.29, 0.717) is 6.04 Å². The fourth-order valence-electron chi connectivity index (χ4n) is 3.96. The van der Waals surface area contributed by atoms with Gasteiger partial charge >= 0.3 is 7.12 Å². The molecule has 4 rings (SSSR count). The molecule has 0 bridgehead atoms. The van der Waals surface area contributed by atoms with Crippen molar-refractivity contribution < 1.29 is 9.31 Å². The van der Waals surface area contributed by atoms with Crippen LogP contribution in [0.3, 0.4) is 0 Å². The monoisotopic (exact) mass is 449 g/mol. The Morgan fingerprint density at radius 2 is 1.67 bits per heavy atom. The molecule has 0 spiro atoms. The molecule has 0 amide bonds. The van der Waals surface area contributed by atoms with Gasteiger partial charge in [0.25, 0.3) is 0 Å². The Labute approximate surface area is 198 Å². The van der Waals surface area contributed by atoms with Crippen molar-refractivity contribution >= 4 is 18.4 Å². The zero-order valence-electron chi connectivity index (χ0n) is 20.8. The largest absolute Gasteiger partial charge is 0.494 e. The Morgan fingerprint density at radius 1 is 1.06 bits per heavy atom. The highest BCUT2D eigenvalue weighted by atomic mass is 16.7. The molecule has 1 aromatic carbocycles. The first-order valence-corrected chi connectivity index (χ1v) is 11.9. The normalized spacial score (nSPS) is 20.0. The summed E-state index contributed by atoms with van der Waals surface area (Å²) in [6.07, 6.45) is 3.70. The van der Waals surface area contributed by atoms with Crippen molar-refractivity contribution in [2.75, 3.05) is 18.4 Å². The lowest BCUT2D eigenvalue weighted by Gasteiger charge is -2.32. The van der Waals surface area contributed by atoms with E-state index in [-0.39, 0.29) is 24.1 Å². The molecule has 0 aliphatic carbocycles. The van der Waals surface area contributed by atoms with E-state index in [4.69, 9.17) is 14.6 Å². The van der Waals surface area contributed by atoms with Gasteiger partial charge in [-0.15, -0.1) is 0 Å². The van der Waals surface area contributed by atoms with Gasteiger partial charge in [0, 0.05) is 31.9 Å². The zero-order valence-corrected chi connectivity index (χ0v) is 20.8. The summed E-state index contributed by atoms with van der Waals surface area (Å²) in [4.78, 5) is 10.6. The van der Waals surface area contributed by atoms with Crippen molar-refractivity contribution in [3.8, 4) is 6.07 Å². The summed E-state index contributed by atoms with van der Waals surface area (Å²) in [6, 6.07) is 12.7. The Kier molecular flexibility index (Phi) is 8.12. The van der Waals surface area contributed by atoms with Gasteiger partial charge in [-0.25, -0.2) is 9.97 Å². The molecule has 0 radical (unpaired) electrons. The molecule has 1 N–H and O–H groups in total. The first kappa shape index (κ1) is 25.2. The van der Waals surface area contributed by atoms with E-state index in [0.717, 1.165) is 43.8 Å². The number of hydrogen-bond acceptors (Lipinski definition) is 7. The SMILES string of the molecule is CC.CC1(C)OB(c2ccc(CN3CCC(Nc4ccnc(C#N)n4)CC3)cc2)OC1(C)C. The topological polar surface area (TPSA) is 83.3 Å². The van der Waals surface area contributed by atoms with E-state index < -0.39 is 0 Å². The number of anilines is 1. The van der Waals surface area contributed by atoms with E-state index >= 15 is 0 Å². The second-order valence-electron chi connectivity index (χ2n) is 9.40. The minimum atomic E-state index is -0.323. The molecule has 0 unspecified atom stereocenters. The molecule has 176 valence electrons. The van der Waals surface area contributed by atoms with Crippen LogP contribution in [0, 0.1) is 11.3 Å². The predicted molar refractivity (Wildman–Crippen MR) is 132 cm³/mol. The number of nitriles is 1. The molecule has 33 heavy (non-hydrogen) atoms. The third-order valence-electron chi connectivity index (χ3n) is 6.61. The van der Waals surface area contributed by atoms with E-state index in [1.54, 1.807) is 6.20 Å². The van der Waals surface area contributed by atoms with Crippen molar-refractivity contribution in [2.24, 2.45) is 0 Å². The lowest BCUT2D eigenvalue weighted by Crippen LogP contribution is -2.41. The fraction of sp³-hybridized carbons (Fsp3) is 0.560. The van der Waals surface area contributed by atoms with Crippen molar-refractivity contribution in [3.63, 3.8) is 0 Å². The van der Waals surface area contributed by atoms with Gasteiger partial charge in [-0.2, -0.15) is 5.26 Å². The van der Waals surface area contributed by atoms with Crippen LogP contribution < -0.4 is 10.8 Å². The summed E-state index contributed by atoms with van der Waals surface area (Å²) in [5.74, 6) is 0.926. The van der Waals surface area contributed by atoms with Crippen LogP contribution in [0.1, 0.15) is 65.8 Å². The van der Waals surface area contributed by atoms with Crippen molar-refractivity contribution in [1.29, 1.82) is 5.26 Å². The van der Waals surface area contributed by atoms with Crippen LogP contribution in [0.4, 0.5) is 5.82 Å². The van der Waals surface area contributed by atoms with Crippen LogP contribution in [0.5, 0.6) is 0 Å². The highest BCUT2D eigenvalue weighted by molar-refractivity contribution is 6.62. The summed E-state index contributed by atoms with van der Waals surface area (Å²) in [5.41, 5.74) is 1.71. The third-order valence-corrected chi connectivity index (χ3v) is 6.61. The standard InChI is InChI=1S/C23H30BN5O2.C2H6/c1-22(2)23(3,4)31-24(30-22)18-7-5-17(6-8-18)16-29-13-10-19(11-14-29)27-20-9-12-26-21(15-25)28-20;1-2/h5-9,12,19H,10-11,13-14,16H2,1-4H3,(H,26,27,28);1-2H3. The van der Waals surface area contributed by atoms with Crippen molar-refractivity contribution in [1.82, 2.24) is 14.9 Å². The van der Waals surface area contributed by atoms with Gasteiger partial charge in [0.15, 0.2) is 0 Å². The second kappa shape index (κ2) is 10.6. The lowest BCUT2D eigenvalue weighted by molar-refractivity contribution is 0.00578. The number of rotatable bonds is 5. The Morgan fingerprint density at radius 3 is 2.24 bits per heavy atom. The van der Waals surface area contributed by atoms with Crippen LogP contribution in [0.25, 0.3) is 0 Å². The number of nitrogens with one attached hydrogen (secondary N) is 1. The third kappa shape index (κ3) is 6.11. The van der Waals surface area contributed by atoms with E-state index in [1.165, 1.54) is 5.56 Å². The summed E-state index contributed by atoms with van der Waals surface area (Å²) in [7, 11) is -0.316. The van der Waals surface area contributed by atoms with Gasteiger partial charge in [-0.3, -0.25) is 4.90 Å². The Balaban J connectivity index is 0.00000149. The highest BCUT2D eigenvalue weighted by Crippen LogP contribution is 2.36. The van der Waals surface area contributed by atoms with E-state index in [2.05, 4.69) is 72.1 Å². The summed E-state index contributed by atoms with van der Waals surface area (Å²) in [5, 5.41) is 12.4. The maximum absolute atomic E-state index is 8.94. The summed E-state index contributed by atoms with van der Waals surface area (Å²) >= 11 is 0. The Bertz CT molecular complexity index is 934. The Hall–Kier alpha value is -2.47. The quantitative estimate of drug-likeness (QED) is 0.696. The van der Waals surface area contributed by atoms with E-state index in [1.807, 2.05) is 26.0 Å². The minimum Gasteiger partial charge on any atom is -0.399 e. The molecule has 2 aliphatic heterocycles. The van der Waals surface area contributed by atoms with Gasteiger partial charge in [-0.05, 0) is 57.6 Å². The van der Waals surface area contributed by atoms with Crippen LogP contribution in [0.2, 0.25) is 0 Å². The molecule has 2 fully saturated rings. The summed E-state index contributed by atoms with van der Waals surface area (Å²) in [6.45, 7) is 15.3. The second-order valence-corrected chi connectivity index (χ2v) is 9.40. The lowest BCUT2D eigenvalue weighted by atomic mass is 9.79. The molecule has 3 heterocycles. The van der Waals surface area contributed by atoms with Gasteiger partial charge in [0.05, 0.1) is 11.2 Å². The predicted octanol–water partition coefficient (Wildman–Crippen LogP) is 3.75. The van der Waals surface area contributed by atoms with Crippen LogP contribution >= 0.6 is 0 Å². The molecule has 2 aliphatic rings. The molecular formula is C25H36BN5O2. The van der Waals surface area contributed by atoms with Crippen molar-refractivity contribution in [3.05, 3.63) is 47.9 Å². The van der Waals surface area contributed by atoms with Crippen molar-refractivity contribution in [2.45, 2.75) is 78.2 Å². The number of piperidine rings is 1. The smallest absolute Gasteiger partial charge is 0.399 e. The van der Waals surface area contributed by atoms with E-state index in [9.17, 15) is 0 Å². The maximum Gasteiger partial charge on any atom is 0.494 e. The average molecular weight is 449 g/mol. The molecule has 8 heteroatoms. The first-order chi connectivity index (χ1) is 15.8. The zero-order chi connectivity index (χ0) is 24.1. The number of hydrogen-bond donors (Lipinski definition) is 1. The van der Waals surface area contributed by atoms with Crippen LogP contribution in [-0.4, -0.2) is 52.3 Å². The molecule has 2 aromatic rings. The number of aromatic nitrogens is 2. The van der Waals surface area contributed by atoms with Crippen LogP contribution in [-0.2, 0) is 15.9 Å². The molecule has 0 saturated carbocycles. The fourth-order valence-corrected chi connectivity index (χ4v) is 3.96. The summed E-state index contributed by atoms with van der Waals surface area (Å²) < 4.78 is 12.3. The molecule has 7 nitrogen and oxygen atoms in total.